The molecule has 0 aliphatic heterocycles. The summed E-state index contributed by atoms with van der Waals surface area (Å²) in [6.07, 6.45) is 0. The van der Waals surface area contributed by atoms with Crippen LogP contribution in [0.3, 0.4) is 0 Å². The summed E-state index contributed by atoms with van der Waals surface area (Å²) in [6, 6.07) is 20.7. The van der Waals surface area contributed by atoms with Crippen molar-refractivity contribution >= 4 is 27.3 Å². The fraction of sp³-hybridized carbons (Fsp3) is 0.136. The molecule has 0 aromatic heterocycles. The highest BCUT2D eigenvalue weighted by Crippen LogP contribution is 2.23. The van der Waals surface area contributed by atoms with Gasteiger partial charge in [-0.1, -0.05) is 35.9 Å². The number of carbonyl (C=O) groups is 1. The third kappa shape index (κ3) is 4.23. The first-order valence-electron chi connectivity index (χ1n) is 8.81. The molecule has 3 rings (SSSR count). The maximum atomic E-state index is 12.9. The monoisotopic (exact) mass is 394 g/mol. The summed E-state index contributed by atoms with van der Waals surface area (Å²) < 4.78 is 26.9. The molecule has 1 amide bonds. The molecule has 1 N–H and O–H groups in total. The van der Waals surface area contributed by atoms with E-state index in [1.165, 1.54) is 11.4 Å². The quantitative estimate of drug-likeness (QED) is 0.698. The third-order valence-corrected chi connectivity index (χ3v) is 6.23. The molecule has 0 unspecified atom stereocenters. The van der Waals surface area contributed by atoms with E-state index in [1.54, 1.807) is 48.5 Å². The van der Waals surface area contributed by atoms with Crippen molar-refractivity contribution in [3.63, 3.8) is 0 Å². The van der Waals surface area contributed by atoms with Gasteiger partial charge in [0.2, 0.25) is 0 Å². The van der Waals surface area contributed by atoms with E-state index in [0.29, 0.717) is 16.9 Å². The average Bonchev–Trinajstić information content (AvgIpc) is 2.68. The van der Waals surface area contributed by atoms with Crippen LogP contribution in [0.15, 0.2) is 77.7 Å². The van der Waals surface area contributed by atoms with Gasteiger partial charge in [-0.05, 0) is 61.9 Å². The lowest BCUT2D eigenvalue weighted by Gasteiger charge is -2.20. The Morgan fingerprint density at radius 1 is 0.857 bits per heavy atom. The molecule has 28 heavy (non-hydrogen) atoms. The van der Waals surface area contributed by atoms with Crippen LogP contribution in [0.1, 0.15) is 21.5 Å². The van der Waals surface area contributed by atoms with Gasteiger partial charge in [0, 0.05) is 18.3 Å². The molecule has 0 heterocycles. The normalized spacial score (nSPS) is 11.1. The van der Waals surface area contributed by atoms with Gasteiger partial charge >= 0.3 is 0 Å². The van der Waals surface area contributed by atoms with Gasteiger partial charge in [0.05, 0.1) is 10.6 Å². The molecular weight excluding hydrogens is 372 g/mol. The minimum atomic E-state index is -3.71. The van der Waals surface area contributed by atoms with Crippen LogP contribution in [0, 0.1) is 13.8 Å². The molecule has 0 spiro atoms. The van der Waals surface area contributed by atoms with Crippen molar-refractivity contribution in [2.75, 3.05) is 16.7 Å². The summed E-state index contributed by atoms with van der Waals surface area (Å²) in [5.41, 5.74) is 3.50. The average molecular weight is 394 g/mol. The van der Waals surface area contributed by atoms with Crippen LogP contribution in [0.2, 0.25) is 0 Å². The Morgan fingerprint density at radius 3 is 2.21 bits per heavy atom. The van der Waals surface area contributed by atoms with Gasteiger partial charge in [-0.15, -0.1) is 0 Å². The molecule has 0 atom stereocenters. The first-order valence-corrected chi connectivity index (χ1v) is 10.2. The van der Waals surface area contributed by atoms with Gasteiger partial charge in [-0.3, -0.25) is 9.10 Å². The van der Waals surface area contributed by atoms with E-state index in [4.69, 9.17) is 0 Å². The van der Waals surface area contributed by atoms with Crippen molar-refractivity contribution < 1.29 is 13.2 Å². The molecule has 0 aliphatic carbocycles. The van der Waals surface area contributed by atoms with Gasteiger partial charge < -0.3 is 5.32 Å². The number of amides is 1. The first-order chi connectivity index (χ1) is 13.3. The Hall–Kier alpha value is -3.12. The van der Waals surface area contributed by atoms with E-state index in [0.717, 1.165) is 11.1 Å². The number of rotatable bonds is 5. The van der Waals surface area contributed by atoms with Gasteiger partial charge in [-0.2, -0.15) is 0 Å². The zero-order valence-corrected chi connectivity index (χ0v) is 16.8. The van der Waals surface area contributed by atoms with Crippen molar-refractivity contribution in [3.8, 4) is 0 Å². The van der Waals surface area contributed by atoms with E-state index < -0.39 is 10.0 Å². The SMILES string of the molecule is Cc1ccc(S(=O)(=O)N(C)c2cccc(C(=O)Nc3cccc(C)c3)c2)cc1. The largest absolute Gasteiger partial charge is 0.322 e. The summed E-state index contributed by atoms with van der Waals surface area (Å²) in [5, 5.41) is 2.83. The molecule has 0 bridgehead atoms. The fourth-order valence-electron chi connectivity index (χ4n) is 2.78. The number of nitrogens with zero attached hydrogens (tertiary/aromatic N) is 1. The summed E-state index contributed by atoms with van der Waals surface area (Å²) >= 11 is 0. The third-order valence-electron chi connectivity index (χ3n) is 4.43. The van der Waals surface area contributed by atoms with E-state index >= 15 is 0 Å². The highest BCUT2D eigenvalue weighted by molar-refractivity contribution is 7.92. The smallest absolute Gasteiger partial charge is 0.264 e. The lowest BCUT2D eigenvalue weighted by molar-refractivity contribution is 0.102. The minimum absolute atomic E-state index is 0.204. The first kappa shape index (κ1) is 19.6. The highest BCUT2D eigenvalue weighted by atomic mass is 32.2. The van der Waals surface area contributed by atoms with Crippen LogP contribution in [0.25, 0.3) is 0 Å². The lowest BCUT2D eigenvalue weighted by atomic mass is 10.1. The fourth-order valence-corrected chi connectivity index (χ4v) is 3.96. The summed E-state index contributed by atoms with van der Waals surface area (Å²) in [6.45, 7) is 3.84. The van der Waals surface area contributed by atoms with Crippen molar-refractivity contribution in [2.45, 2.75) is 18.7 Å². The second-order valence-electron chi connectivity index (χ2n) is 6.66. The molecule has 0 fully saturated rings. The number of carbonyl (C=O) groups excluding carboxylic acids is 1. The van der Waals surface area contributed by atoms with Gasteiger partial charge in [0.15, 0.2) is 0 Å². The molecular formula is C22H22N2O3S. The maximum absolute atomic E-state index is 12.9. The minimum Gasteiger partial charge on any atom is -0.322 e. The summed E-state index contributed by atoms with van der Waals surface area (Å²) in [7, 11) is -2.24. The Balaban J connectivity index is 1.85. The predicted octanol–water partition coefficient (Wildman–Crippen LogP) is 4.38. The highest BCUT2D eigenvalue weighted by Gasteiger charge is 2.22. The van der Waals surface area contributed by atoms with Crippen molar-refractivity contribution in [1.29, 1.82) is 0 Å². The molecule has 6 heteroatoms. The number of hydrogen-bond donors (Lipinski definition) is 1. The molecule has 3 aromatic carbocycles. The topological polar surface area (TPSA) is 66.5 Å². The molecule has 5 nitrogen and oxygen atoms in total. The number of benzene rings is 3. The zero-order valence-electron chi connectivity index (χ0n) is 16.0. The second-order valence-corrected chi connectivity index (χ2v) is 8.63. The lowest BCUT2D eigenvalue weighted by Crippen LogP contribution is -2.26. The Kier molecular flexibility index (Phi) is 5.51. The van der Waals surface area contributed by atoms with Gasteiger partial charge in [0.25, 0.3) is 15.9 Å². The number of nitrogens with one attached hydrogen (secondary N) is 1. The predicted molar refractivity (Wildman–Crippen MR) is 112 cm³/mol. The Labute approximate surface area is 165 Å². The number of sulfonamides is 1. The zero-order chi connectivity index (χ0) is 20.3. The summed E-state index contributed by atoms with van der Waals surface area (Å²) in [5.74, 6) is -0.298. The number of hydrogen-bond acceptors (Lipinski definition) is 3. The molecule has 0 aliphatic rings. The van der Waals surface area contributed by atoms with Gasteiger partial charge in [-0.25, -0.2) is 8.42 Å². The molecule has 0 saturated heterocycles. The number of anilines is 2. The van der Waals surface area contributed by atoms with E-state index in [9.17, 15) is 13.2 Å². The van der Waals surface area contributed by atoms with Crippen molar-refractivity contribution in [3.05, 3.63) is 89.5 Å². The standard InChI is InChI=1S/C22H22N2O3S/c1-16-10-12-21(13-11-16)28(26,27)24(3)20-9-5-7-18(15-20)22(25)23-19-8-4-6-17(2)14-19/h4-15H,1-3H3,(H,23,25). The van der Waals surface area contributed by atoms with Crippen LogP contribution in [0.4, 0.5) is 11.4 Å². The van der Waals surface area contributed by atoms with Crippen molar-refractivity contribution in [2.24, 2.45) is 0 Å². The Morgan fingerprint density at radius 2 is 1.54 bits per heavy atom. The van der Waals surface area contributed by atoms with Crippen LogP contribution < -0.4 is 9.62 Å². The van der Waals surface area contributed by atoms with Crippen LogP contribution in [-0.4, -0.2) is 21.4 Å². The van der Waals surface area contributed by atoms with Crippen LogP contribution in [0.5, 0.6) is 0 Å². The second kappa shape index (κ2) is 7.86. The number of aryl methyl sites for hydroxylation is 2. The van der Waals surface area contributed by atoms with E-state index in [-0.39, 0.29) is 10.8 Å². The molecule has 0 radical (unpaired) electrons. The van der Waals surface area contributed by atoms with Crippen molar-refractivity contribution in [1.82, 2.24) is 0 Å². The van der Waals surface area contributed by atoms with Gasteiger partial charge in [0.1, 0.15) is 0 Å². The summed E-state index contributed by atoms with van der Waals surface area (Å²) in [4.78, 5) is 12.8. The van der Waals surface area contributed by atoms with Crippen LogP contribution >= 0.6 is 0 Å². The maximum Gasteiger partial charge on any atom is 0.264 e. The molecule has 3 aromatic rings. The van der Waals surface area contributed by atoms with E-state index in [2.05, 4.69) is 5.32 Å². The molecule has 0 saturated carbocycles. The molecule has 144 valence electrons. The van der Waals surface area contributed by atoms with E-state index in [1.807, 2.05) is 38.1 Å². The Bertz CT molecular complexity index is 1110. The van der Waals surface area contributed by atoms with Crippen LogP contribution in [-0.2, 0) is 10.0 Å².